The van der Waals surface area contributed by atoms with Gasteiger partial charge in [-0.25, -0.2) is 9.97 Å². The van der Waals surface area contributed by atoms with Gasteiger partial charge >= 0.3 is 0 Å². The fourth-order valence-corrected chi connectivity index (χ4v) is 4.63. The number of para-hydroxylation sites is 1. The molecule has 0 bridgehead atoms. The number of aryl methyl sites for hydroxylation is 1. The Hall–Kier alpha value is -3.29. The van der Waals surface area contributed by atoms with E-state index in [-0.39, 0.29) is 6.61 Å². The molecule has 0 spiro atoms. The SMILES string of the molecule is C=C/C=C(/c1cc(C)nc2c(OCc3c(Cl)cncc3Sc3ncc[nH]3)cccc12)N(C)C. The summed E-state index contributed by atoms with van der Waals surface area (Å²) in [7, 11) is 4.03. The van der Waals surface area contributed by atoms with Gasteiger partial charge < -0.3 is 14.6 Å². The summed E-state index contributed by atoms with van der Waals surface area (Å²) in [6.45, 7) is 6.12. The van der Waals surface area contributed by atoms with Gasteiger partial charge in [0.25, 0.3) is 0 Å². The highest BCUT2D eigenvalue weighted by Crippen LogP contribution is 2.35. The van der Waals surface area contributed by atoms with E-state index in [1.54, 1.807) is 30.9 Å². The highest BCUT2D eigenvalue weighted by Gasteiger charge is 2.16. The van der Waals surface area contributed by atoms with E-state index in [2.05, 4.69) is 38.6 Å². The number of H-pyrrole nitrogens is 1. The Morgan fingerprint density at radius 1 is 1.30 bits per heavy atom. The maximum atomic E-state index is 6.49. The zero-order valence-corrected chi connectivity index (χ0v) is 20.2. The van der Waals surface area contributed by atoms with Crippen LogP contribution in [-0.2, 0) is 6.61 Å². The van der Waals surface area contributed by atoms with Crippen LogP contribution in [0.5, 0.6) is 5.75 Å². The number of aromatic amines is 1. The molecule has 8 heteroatoms. The summed E-state index contributed by atoms with van der Waals surface area (Å²) in [6.07, 6.45) is 10.7. The summed E-state index contributed by atoms with van der Waals surface area (Å²) < 4.78 is 6.28. The molecule has 0 aliphatic carbocycles. The number of hydrogen-bond donors (Lipinski definition) is 1. The minimum absolute atomic E-state index is 0.275. The van der Waals surface area contributed by atoms with Crippen LogP contribution in [0.2, 0.25) is 5.02 Å². The Morgan fingerprint density at radius 3 is 2.88 bits per heavy atom. The molecule has 0 aliphatic rings. The fourth-order valence-electron chi connectivity index (χ4n) is 3.50. The van der Waals surface area contributed by atoms with Crippen molar-refractivity contribution in [3.63, 3.8) is 0 Å². The lowest BCUT2D eigenvalue weighted by atomic mass is 10.0. The van der Waals surface area contributed by atoms with Crippen molar-refractivity contribution >= 4 is 40.0 Å². The normalized spacial score (nSPS) is 11.6. The molecule has 3 heterocycles. The predicted molar refractivity (Wildman–Crippen MR) is 135 cm³/mol. The Balaban J connectivity index is 1.72. The van der Waals surface area contributed by atoms with E-state index in [0.717, 1.165) is 43.5 Å². The number of allylic oxidation sites excluding steroid dienone is 2. The van der Waals surface area contributed by atoms with Crippen molar-refractivity contribution in [1.29, 1.82) is 0 Å². The molecular formula is C25H24ClN5OS. The topological polar surface area (TPSA) is 66.9 Å². The van der Waals surface area contributed by atoms with E-state index in [1.807, 2.05) is 39.2 Å². The number of ether oxygens (including phenoxy) is 1. The first-order valence-corrected chi connectivity index (χ1v) is 11.5. The monoisotopic (exact) mass is 477 g/mol. The van der Waals surface area contributed by atoms with Crippen LogP contribution in [0.25, 0.3) is 16.6 Å². The number of benzene rings is 1. The Labute approximate surface area is 202 Å². The molecular weight excluding hydrogens is 454 g/mol. The zero-order chi connectivity index (χ0) is 23.4. The largest absolute Gasteiger partial charge is 0.487 e. The third kappa shape index (κ3) is 5.05. The maximum absolute atomic E-state index is 6.49. The van der Waals surface area contributed by atoms with Crippen LogP contribution in [-0.4, -0.2) is 38.9 Å². The molecule has 3 aromatic heterocycles. The second-order valence-electron chi connectivity index (χ2n) is 7.53. The first-order chi connectivity index (χ1) is 16.0. The summed E-state index contributed by atoms with van der Waals surface area (Å²) >= 11 is 7.95. The van der Waals surface area contributed by atoms with Crippen molar-refractivity contribution in [2.45, 2.75) is 23.6 Å². The van der Waals surface area contributed by atoms with Crippen molar-refractivity contribution in [2.24, 2.45) is 0 Å². The Morgan fingerprint density at radius 2 is 2.15 bits per heavy atom. The summed E-state index contributed by atoms with van der Waals surface area (Å²) in [5, 5.41) is 2.31. The van der Waals surface area contributed by atoms with Gasteiger partial charge in [-0.2, -0.15) is 0 Å². The van der Waals surface area contributed by atoms with Gasteiger partial charge in [0.2, 0.25) is 0 Å². The quantitative estimate of drug-likeness (QED) is 0.308. The highest BCUT2D eigenvalue weighted by atomic mass is 35.5. The minimum atomic E-state index is 0.275. The van der Waals surface area contributed by atoms with Gasteiger partial charge in [-0.15, -0.1) is 0 Å². The van der Waals surface area contributed by atoms with Crippen LogP contribution >= 0.6 is 23.4 Å². The number of aromatic nitrogens is 4. The molecule has 1 aromatic carbocycles. The minimum Gasteiger partial charge on any atom is -0.487 e. The first kappa shape index (κ1) is 22.9. The molecule has 0 radical (unpaired) electrons. The van der Waals surface area contributed by atoms with Crippen LogP contribution in [0.3, 0.4) is 0 Å². The van der Waals surface area contributed by atoms with E-state index < -0.39 is 0 Å². The molecule has 168 valence electrons. The van der Waals surface area contributed by atoms with E-state index in [1.165, 1.54) is 11.8 Å². The number of halogens is 1. The van der Waals surface area contributed by atoms with Crippen molar-refractivity contribution in [3.8, 4) is 5.75 Å². The molecule has 0 unspecified atom stereocenters. The second-order valence-corrected chi connectivity index (χ2v) is 8.97. The van der Waals surface area contributed by atoms with Crippen LogP contribution < -0.4 is 4.74 Å². The molecule has 4 rings (SSSR count). The smallest absolute Gasteiger partial charge is 0.170 e. The molecule has 0 aliphatic heterocycles. The third-order valence-electron chi connectivity index (χ3n) is 4.98. The summed E-state index contributed by atoms with van der Waals surface area (Å²) in [5.41, 5.74) is 4.67. The second kappa shape index (κ2) is 10.1. The lowest BCUT2D eigenvalue weighted by molar-refractivity contribution is 0.306. The van der Waals surface area contributed by atoms with Crippen LogP contribution in [0.15, 0.2) is 77.8 Å². The lowest BCUT2D eigenvalue weighted by Crippen LogP contribution is -2.11. The van der Waals surface area contributed by atoms with E-state index in [0.29, 0.717) is 10.8 Å². The Kier molecular flexibility index (Phi) is 7.01. The van der Waals surface area contributed by atoms with E-state index in [4.69, 9.17) is 21.3 Å². The van der Waals surface area contributed by atoms with Gasteiger partial charge in [0, 0.05) is 71.7 Å². The fraction of sp³-hybridized carbons (Fsp3) is 0.160. The molecule has 0 atom stereocenters. The van der Waals surface area contributed by atoms with Gasteiger partial charge in [-0.3, -0.25) is 4.98 Å². The molecule has 0 saturated carbocycles. The number of pyridine rings is 2. The number of rotatable bonds is 8. The molecule has 33 heavy (non-hydrogen) atoms. The summed E-state index contributed by atoms with van der Waals surface area (Å²) in [4.78, 5) is 19.3. The van der Waals surface area contributed by atoms with Crippen LogP contribution in [0.4, 0.5) is 0 Å². The number of nitrogens with one attached hydrogen (secondary N) is 1. The molecule has 1 N–H and O–H groups in total. The van der Waals surface area contributed by atoms with Gasteiger partial charge in [0.15, 0.2) is 5.16 Å². The van der Waals surface area contributed by atoms with Crippen molar-refractivity contribution in [1.82, 2.24) is 24.8 Å². The summed E-state index contributed by atoms with van der Waals surface area (Å²) in [6, 6.07) is 8.05. The van der Waals surface area contributed by atoms with Crippen molar-refractivity contribution in [2.75, 3.05) is 14.1 Å². The Bertz CT molecular complexity index is 1320. The first-order valence-electron chi connectivity index (χ1n) is 10.3. The van der Waals surface area contributed by atoms with E-state index in [9.17, 15) is 0 Å². The van der Waals surface area contributed by atoms with Crippen molar-refractivity contribution < 1.29 is 4.74 Å². The van der Waals surface area contributed by atoms with Crippen LogP contribution in [0, 0.1) is 6.92 Å². The van der Waals surface area contributed by atoms with Gasteiger partial charge in [-0.1, -0.05) is 36.4 Å². The number of hydrogen-bond acceptors (Lipinski definition) is 6. The standard InChI is InChI=1S/C25H24ClN5OS/c1-5-7-21(31(3)4)18-12-16(2)30-24-17(18)8-6-9-22(24)32-15-19-20(26)13-27-14-23(19)33-25-28-10-11-29-25/h5-14H,1,15H2,2-4H3,(H,28,29)/b21-7-. The van der Waals surface area contributed by atoms with Gasteiger partial charge in [-0.05, 0) is 36.9 Å². The molecule has 6 nitrogen and oxygen atoms in total. The zero-order valence-electron chi connectivity index (χ0n) is 18.7. The average Bonchev–Trinajstić information content (AvgIpc) is 3.29. The molecule has 0 saturated heterocycles. The number of nitrogens with zero attached hydrogens (tertiary/aromatic N) is 4. The van der Waals surface area contributed by atoms with Crippen LogP contribution in [0.1, 0.15) is 16.8 Å². The van der Waals surface area contributed by atoms with Gasteiger partial charge in [0.05, 0.1) is 5.02 Å². The molecule has 0 amide bonds. The molecule has 4 aromatic rings. The number of fused-ring (bicyclic) bond motifs is 1. The maximum Gasteiger partial charge on any atom is 0.170 e. The van der Waals surface area contributed by atoms with Crippen molar-refractivity contribution in [3.05, 3.63) is 89.6 Å². The lowest BCUT2D eigenvalue weighted by Gasteiger charge is -2.20. The molecule has 0 fully saturated rings. The average molecular weight is 478 g/mol. The highest BCUT2D eigenvalue weighted by molar-refractivity contribution is 7.99. The third-order valence-corrected chi connectivity index (χ3v) is 6.30. The predicted octanol–water partition coefficient (Wildman–Crippen LogP) is 6.13. The van der Waals surface area contributed by atoms with E-state index >= 15 is 0 Å². The number of imidazole rings is 1. The van der Waals surface area contributed by atoms with Gasteiger partial charge in [0.1, 0.15) is 17.9 Å². The summed E-state index contributed by atoms with van der Waals surface area (Å²) in [5.74, 6) is 0.691.